The SMILES string of the molecule is CCOc1nc(NC)nc(NCc2ccc(F)cc2)n1. The molecule has 2 N–H and O–H groups in total. The number of hydrogen-bond donors (Lipinski definition) is 2. The highest BCUT2D eigenvalue weighted by Crippen LogP contribution is 2.12. The summed E-state index contributed by atoms with van der Waals surface area (Å²) in [5, 5.41) is 5.89. The summed E-state index contributed by atoms with van der Waals surface area (Å²) in [6.07, 6.45) is 0. The van der Waals surface area contributed by atoms with E-state index < -0.39 is 0 Å². The van der Waals surface area contributed by atoms with Crippen molar-refractivity contribution < 1.29 is 9.13 Å². The number of nitrogens with one attached hydrogen (secondary N) is 2. The van der Waals surface area contributed by atoms with E-state index in [2.05, 4.69) is 25.6 Å². The largest absolute Gasteiger partial charge is 0.464 e. The summed E-state index contributed by atoms with van der Waals surface area (Å²) in [5.74, 6) is 0.562. The molecule has 0 aliphatic carbocycles. The molecular formula is C13H16FN5O. The quantitative estimate of drug-likeness (QED) is 0.842. The third-order valence-electron chi connectivity index (χ3n) is 2.48. The molecule has 0 aliphatic rings. The molecule has 7 heteroatoms. The lowest BCUT2D eigenvalue weighted by Gasteiger charge is -2.08. The van der Waals surface area contributed by atoms with Gasteiger partial charge in [0.1, 0.15) is 5.82 Å². The smallest absolute Gasteiger partial charge is 0.323 e. The van der Waals surface area contributed by atoms with Crippen LogP contribution in [0.5, 0.6) is 6.01 Å². The molecule has 1 heterocycles. The molecular weight excluding hydrogens is 261 g/mol. The molecule has 1 aromatic heterocycles. The highest BCUT2D eigenvalue weighted by atomic mass is 19.1. The molecule has 20 heavy (non-hydrogen) atoms. The first-order valence-electron chi connectivity index (χ1n) is 6.26. The summed E-state index contributed by atoms with van der Waals surface area (Å²) < 4.78 is 18.1. The Kier molecular flexibility index (Phi) is 4.65. The third-order valence-corrected chi connectivity index (χ3v) is 2.48. The van der Waals surface area contributed by atoms with Crippen LogP contribution in [0.1, 0.15) is 12.5 Å². The zero-order valence-electron chi connectivity index (χ0n) is 11.4. The molecule has 2 rings (SSSR count). The number of aromatic nitrogens is 3. The second-order valence-corrected chi connectivity index (χ2v) is 3.93. The number of halogens is 1. The summed E-state index contributed by atoms with van der Waals surface area (Å²) in [6.45, 7) is 2.82. The van der Waals surface area contributed by atoms with E-state index in [4.69, 9.17) is 4.74 Å². The number of rotatable bonds is 6. The van der Waals surface area contributed by atoms with Crippen molar-refractivity contribution in [1.82, 2.24) is 15.0 Å². The average Bonchev–Trinajstić information content (AvgIpc) is 2.47. The molecule has 0 saturated heterocycles. The van der Waals surface area contributed by atoms with Crippen molar-refractivity contribution in [3.63, 3.8) is 0 Å². The zero-order valence-corrected chi connectivity index (χ0v) is 11.4. The van der Waals surface area contributed by atoms with E-state index in [0.29, 0.717) is 25.0 Å². The van der Waals surface area contributed by atoms with E-state index in [1.165, 1.54) is 12.1 Å². The van der Waals surface area contributed by atoms with Crippen LogP contribution in [-0.2, 0) is 6.54 Å². The molecule has 106 valence electrons. The highest BCUT2D eigenvalue weighted by molar-refractivity contribution is 5.36. The topological polar surface area (TPSA) is 72.0 Å². The molecule has 0 unspecified atom stereocenters. The highest BCUT2D eigenvalue weighted by Gasteiger charge is 2.06. The fourth-order valence-corrected chi connectivity index (χ4v) is 1.52. The predicted molar refractivity (Wildman–Crippen MR) is 74.3 cm³/mol. The fourth-order valence-electron chi connectivity index (χ4n) is 1.52. The summed E-state index contributed by atoms with van der Waals surface area (Å²) in [4.78, 5) is 12.4. The van der Waals surface area contributed by atoms with Gasteiger partial charge in [0.25, 0.3) is 0 Å². The van der Waals surface area contributed by atoms with Crippen LogP contribution in [0.4, 0.5) is 16.3 Å². The van der Waals surface area contributed by atoms with Crippen LogP contribution in [-0.4, -0.2) is 28.6 Å². The van der Waals surface area contributed by atoms with E-state index in [1.807, 2.05) is 6.92 Å². The maximum atomic E-state index is 12.8. The molecule has 0 fully saturated rings. The van der Waals surface area contributed by atoms with Gasteiger partial charge < -0.3 is 15.4 Å². The van der Waals surface area contributed by atoms with E-state index >= 15 is 0 Å². The van der Waals surface area contributed by atoms with Crippen LogP contribution < -0.4 is 15.4 Å². The van der Waals surface area contributed by atoms with E-state index in [9.17, 15) is 4.39 Å². The first-order chi connectivity index (χ1) is 9.71. The summed E-state index contributed by atoms with van der Waals surface area (Å²) in [5.41, 5.74) is 0.927. The van der Waals surface area contributed by atoms with Crippen molar-refractivity contribution in [2.45, 2.75) is 13.5 Å². The van der Waals surface area contributed by atoms with Crippen LogP contribution in [0.25, 0.3) is 0 Å². The van der Waals surface area contributed by atoms with Crippen LogP contribution in [0, 0.1) is 5.82 Å². The lowest BCUT2D eigenvalue weighted by molar-refractivity contribution is 0.312. The zero-order chi connectivity index (χ0) is 14.4. The van der Waals surface area contributed by atoms with Crippen LogP contribution in [0.3, 0.4) is 0 Å². The molecule has 6 nitrogen and oxygen atoms in total. The molecule has 2 aromatic rings. The number of benzene rings is 1. The van der Waals surface area contributed by atoms with Gasteiger partial charge >= 0.3 is 6.01 Å². The van der Waals surface area contributed by atoms with Gasteiger partial charge in [0, 0.05) is 13.6 Å². The first-order valence-corrected chi connectivity index (χ1v) is 6.26. The maximum Gasteiger partial charge on any atom is 0.323 e. The van der Waals surface area contributed by atoms with Gasteiger partial charge in [-0.05, 0) is 24.6 Å². The molecule has 0 saturated carbocycles. The van der Waals surface area contributed by atoms with Crippen LogP contribution in [0.2, 0.25) is 0 Å². The van der Waals surface area contributed by atoms with Crippen LogP contribution in [0.15, 0.2) is 24.3 Å². The lowest BCUT2D eigenvalue weighted by atomic mass is 10.2. The van der Waals surface area contributed by atoms with E-state index in [0.717, 1.165) is 5.56 Å². The molecule has 0 bridgehead atoms. The number of hydrogen-bond acceptors (Lipinski definition) is 6. The minimum atomic E-state index is -0.259. The van der Waals surface area contributed by atoms with Crippen molar-refractivity contribution in [2.24, 2.45) is 0 Å². The Balaban J connectivity index is 2.07. The Morgan fingerprint density at radius 2 is 1.80 bits per heavy atom. The van der Waals surface area contributed by atoms with E-state index in [-0.39, 0.29) is 11.8 Å². The van der Waals surface area contributed by atoms with Gasteiger partial charge in [-0.2, -0.15) is 15.0 Å². The normalized spacial score (nSPS) is 10.2. The van der Waals surface area contributed by atoms with Crippen LogP contribution >= 0.6 is 0 Å². The van der Waals surface area contributed by atoms with Gasteiger partial charge in [-0.25, -0.2) is 4.39 Å². The molecule has 0 atom stereocenters. The monoisotopic (exact) mass is 277 g/mol. The van der Waals surface area contributed by atoms with Gasteiger partial charge in [-0.3, -0.25) is 0 Å². The summed E-state index contributed by atoms with van der Waals surface area (Å²) in [7, 11) is 1.72. The Labute approximate surface area is 116 Å². The van der Waals surface area contributed by atoms with Gasteiger partial charge in [-0.1, -0.05) is 12.1 Å². The van der Waals surface area contributed by atoms with Crippen molar-refractivity contribution in [2.75, 3.05) is 24.3 Å². The standard InChI is InChI=1S/C13H16FN5O/c1-3-20-13-18-11(15-2)17-12(19-13)16-8-9-4-6-10(14)7-5-9/h4-7H,3,8H2,1-2H3,(H2,15,16,17,18,19). The predicted octanol–water partition coefficient (Wildman–Crippen LogP) is 2.06. The fraction of sp³-hybridized carbons (Fsp3) is 0.308. The second-order valence-electron chi connectivity index (χ2n) is 3.93. The second kappa shape index (κ2) is 6.65. The lowest BCUT2D eigenvalue weighted by Crippen LogP contribution is -2.09. The first kappa shape index (κ1) is 14.0. The van der Waals surface area contributed by atoms with Crippen molar-refractivity contribution in [3.05, 3.63) is 35.6 Å². The number of nitrogens with zero attached hydrogens (tertiary/aromatic N) is 3. The maximum absolute atomic E-state index is 12.8. The van der Waals surface area contributed by atoms with Crippen molar-refractivity contribution in [1.29, 1.82) is 0 Å². The Bertz CT molecular complexity index is 561. The summed E-state index contributed by atoms with van der Waals surface area (Å²) >= 11 is 0. The number of anilines is 2. The van der Waals surface area contributed by atoms with Gasteiger partial charge in [0.05, 0.1) is 6.61 Å². The molecule has 0 spiro atoms. The Hall–Kier alpha value is -2.44. The van der Waals surface area contributed by atoms with E-state index in [1.54, 1.807) is 19.2 Å². The summed E-state index contributed by atoms with van der Waals surface area (Å²) in [6, 6.07) is 6.48. The van der Waals surface area contributed by atoms with Gasteiger partial charge in [0.15, 0.2) is 0 Å². The average molecular weight is 277 g/mol. The molecule has 0 amide bonds. The Morgan fingerprint density at radius 3 is 2.45 bits per heavy atom. The van der Waals surface area contributed by atoms with Crippen molar-refractivity contribution >= 4 is 11.9 Å². The molecule has 0 aliphatic heterocycles. The van der Waals surface area contributed by atoms with Gasteiger partial charge in [-0.15, -0.1) is 0 Å². The molecule has 1 aromatic carbocycles. The third kappa shape index (κ3) is 3.78. The Morgan fingerprint density at radius 1 is 1.10 bits per heavy atom. The van der Waals surface area contributed by atoms with Crippen molar-refractivity contribution in [3.8, 4) is 6.01 Å². The minimum Gasteiger partial charge on any atom is -0.464 e. The minimum absolute atomic E-state index is 0.258. The number of ether oxygens (including phenoxy) is 1. The van der Waals surface area contributed by atoms with Gasteiger partial charge in [0.2, 0.25) is 11.9 Å². The molecule has 0 radical (unpaired) electrons.